The van der Waals surface area contributed by atoms with Crippen LogP contribution < -0.4 is 0 Å². The van der Waals surface area contributed by atoms with Crippen molar-refractivity contribution in [3.05, 3.63) is 23.7 Å². The molecule has 0 saturated carbocycles. The van der Waals surface area contributed by atoms with Gasteiger partial charge in [-0.25, -0.2) is 0 Å². The number of aryl methyl sites for hydroxylation is 1. The quantitative estimate of drug-likeness (QED) is 0.639. The summed E-state index contributed by atoms with van der Waals surface area (Å²) in [5, 5.41) is 0. The Morgan fingerprint density at radius 1 is 1.07 bits per heavy atom. The lowest BCUT2D eigenvalue weighted by molar-refractivity contribution is 0.383. The van der Waals surface area contributed by atoms with E-state index in [0.717, 1.165) is 17.9 Å². The van der Waals surface area contributed by atoms with E-state index in [0.29, 0.717) is 0 Å². The van der Waals surface area contributed by atoms with Crippen molar-refractivity contribution in [3.63, 3.8) is 0 Å². The van der Waals surface area contributed by atoms with Crippen LogP contribution in [0.25, 0.3) is 0 Å². The molecule has 0 atom stereocenters. The van der Waals surface area contributed by atoms with E-state index in [-0.39, 0.29) is 5.41 Å². The molecule has 15 heavy (non-hydrogen) atoms. The third kappa shape index (κ3) is 4.11. The van der Waals surface area contributed by atoms with E-state index < -0.39 is 0 Å². The van der Waals surface area contributed by atoms with Crippen LogP contribution in [-0.4, -0.2) is 0 Å². The molecule has 0 spiro atoms. The third-order valence-electron chi connectivity index (χ3n) is 2.68. The van der Waals surface area contributed by atoms with Gasteiger partial charge in [0.15, 0.2) is 0 Å². The Morgan fingerprint density at radius 2 is 1.80 bits per heavy atom. The molecule has 86 valence electrons. The minimum Gasteiger partial charge on any atom is -0.466 e. The molecule has 0 aliphatic carbocycles. The zero-order valence-electron chi connectivity index (χ0n) is 10.6. The molecule has 1 aromatic heterocycles. The van der Waals surface area contributed by atoms with Crippen molar-refractivity contribution in [3.8, 4) is 0 Å². The van der Waals surface area contributed by atoms with E-state index in [1.807, 2.05) is 0 Å². The Bertz CT molecular complexity index is 278. The first kappa shape index (κ1) is 12.4. The summed E-state index contributed by atoms with van der Waals surface area (Å²) in [6.07, 6.45) is 6.31. The van der Waals surface area contributed by atoms with Crippen LogP contribution >= 0.6 is 0 Å². The van der Waals surface area contributed by atoms with E-state index in [9.17, 15) is 0 Å². The number of hydrogen-bond acceptors (Lipinski definition) is 1. The van der Waals surface area contributed by atoms with E-state index in [1.165, 1.54) is 25.7 Å². The maximum atomic E-state index is 5.83. The monoisotopic (exact) mass is 208 g/mol. The molecule has 0 aliphatic rings. The van der Waals surface area contributed by atoms with Gasteiger partial charge in [0.2, 0.25) is 0 Å². The maximum absolute atomic E-state index is 5.83. The van der Waals surface area contributed by atoms with Gasteiger partial charge in [-0.15, -0.1) is 0 Å². The molecule has 0 N–H and O–H groups in total. The highest BCUT2D eigenvalue weighted by molar-refractivity contribution is 5.14. The van der Waals surface area contributed by atoms with Crippen molar-refractivity contribution in [2.75, 3.05) is 0 Å². The molecule has 1 aromatic rings. The van der Waals surface area contributed by atoms with E-state index in [4.69, 9.17) is 4.42 Å². The molecular weight excluding hydrogens is 184 g/mol. The first-order valence-electron chi connectivity index (χ1n) is 6.13. The van der Waals surface area contributed by atoms with Gasteiger partial charge in [-0.2, -0.15) is 0 Å². The fraction of sp³-hybridized carbons (Fsp3) is 0.714. The second-order valence-corrected chi connectivity index (χ2v) is 5.33. The molecule has 0 aliphatic heterocycles. The molecule has 0 aromatic carbocycles. The van der Waals surface area contributed by atoms with Crippen molar-refractivity contribution in [2.45, 2.75) is 65.2 Å². The minimum absolute atomic E-state index is 0.141. The first-order chi connectivity index (χ1) is 7.04. The van der Waals surface area contributed by atoms with Crippen LogP contribution in [0.3, 0.4) is 0 Å². The van der Waals surface area contributed by atoms with E-state index in [2.05, 4.69) is 39.8 Å². The summed E-state index contributed by atoms with van der Waals surface area (Å²) in [5.41, 5.74) is 0.141. The van der Waals surface area contributed by atoms with Crippen LogP contribution in [0, 0.1) is 0 Å². The lowest BCUT2D eigenvalue weighted by atomic mass is 9.94. The Balaban J connectivity index is 2.40. The molecule has 1 nitrogen and oxygen atoms in total. The molecule has 0 amide bonds. The van der Waals surface area contributed by atoms with Crippen molar-refractivity contribution in [1.29, 1.82) is 0 Å². The Morgan fingerprint density at radius 3 is 2.33 bits per heavy atom. The average molecular weight is 208 g/mol. The van der Waals surface area contributed by atoms with Gasteiger partial charge in [0, 0.05) is 11.8 Å². The molecular formula is C14H24O. The van der Waals surface area contributed by atoms with Gasteiger partial charge in [-0.3, -0.25) is 0 Å². The zero-order valence-corrected chi connectivity index (χ0v) is 10.6. The second kappa shape index (κ2) is 5.39. The van der Waals surface area contributed by atoms with Crippen molar-refractivity contribution in [1.82, 2.24) is 0 Å². The van der Waals surface area contributed by atoms with Crippen LogP contribution in [0.1, 0.15) is 64.9 Å². The highest BCUT2D eigenvalue weighted by Gasteiger charge is 2.17. The highest BCUT2D eigenvalue weighted by Crippen LogP contribution is 2.24. The number of hydrogen-bond donors (Lipinski definition) is 0. The fourth-order valence-corrected chi connectivity index (χ4v) is 1.64. The van der Waals surface area contributed by atoms with Crippen LogP contribution in [0.15, 0.2) is 16.5 Å². The van der Waals surface area contributed by atoms with E-state index >= 15 is 0 Å². The topological polar surface area (TPSA) is 13.1 Å². The Kier molecular flexibility index (Phi) is 4.44. The van der Waals surface area contributed by atoms with Gasteiger partial charge in [-0.05, 0) is 18.6 Å². The van der Waals surface area contributed by atoms with Gasteiger partial charge in [-0.1, -0.05) is 47.0 Å². The van der Waals surface area contributed by atoms with Gasteiger partial charge >= 0.3 is 0 Å². The predicted octanol–water partition coefficient (Wildman–Crippen LogP) is 4.70. The van der Waals surface area contributed by atoms with Crippen LogP contribution in [0.2, 0.25) is 0 Å². The standard InChI is InChI=1S/C14H24O/c1-5-6-7-8-9-12-10-11-13(15-12)14(2,3)4/h10-11H,5-9H2,1-4H3. The molecule has 0 radical (unpaired) electrons. The molecule has 1 heterocycles. The summed E-state index contributed by atoms with van der Waals surface area (Å²) in [5.74, 6) is 2.25. The number of furan rings is 1. The summed E-state index contributed by atoms with van der Waals surface area (Å²) in [6.45, 7) is 8.80. The second-order valence-electron chi connectivity index (χ2n) is 5.33. The van der Waals surface area contributed by atoms with Crippen molar-refractivity contribution >= 4 is 0 Å². The van der Waals surface area contributed by atoms with Gasteiger partial charge in [0.25, 0.3) is 0 Å². The van der Waals surface area contributed by atoms with Crippen LogP contribution in [0.5, 0.6) is 0 Å². The van der Waals surface area contributed by atoms with Gasteiger partial charge < -0.3 is 4.42 Å². The molecule has 0 unspecified atom stereocenters. The maximum Gasteiger partial charge on any atom is 0.109 e. The fourth-order valence-electron chi connectivity index (χ4n) is 1.64. The molecule has 0 fully saturated rings. The Labute approximate surface area is 93.9 Å². The SMILES string of the molecule is CCCCCCc1ccc(C(C)(C)C)o1. The van der Waals surface area contributed by atoms with Crippen LogP contribution in [0.4, 0.5) is 0 Å². The van der Waals surface area contributed by atoms with Gasteiger partial charge in [0.1, 0.15) is 11.5 Å². The van der Waals surface area contributed by atoms with Gasteiger partial charge in [0.05, 0.1) is 0 Å². The molecule has 0 bridgehead atoms. The molecule has 0 saturated heterocycles. The number of unbranched alkanes of at least 4 members (excludes halogenated alkanes) is 3. The van der Waals surface area contributed by atoms with Crippen molar-refractivity contribution < 1.29 is 4.42 Å². The smallest absolute Gasteiger partial charge is 0.109 e. The minimum atomic E-state index is 0.141. The number of rotatable bonds is 5. The van der Waals surface area contributed by atoms with Crippen molar-refractivity contribution in [2.24, 2.45) is 0 Å². The molecule has 1 heteroatoms. The lowest BCUT2D eigenvalue weighted by Crippen LogP contribution is -2.09. The first-order valence-corrected chi connectivity index (χ1v) is 6.13. The predicted molar refractivity (Wildman–Crippen MR) is 65.3 cm³/mol. The zero-order chi connectivity index (χ0) is 11.3. The van der Waals surface area contributed by atoms with E-state index in [1.54, 1.807) is 0 Å². The largest absolute Gasteiger partial charge is 0.466 e. The summed E-state index contributed by atoms with van der Waals surface area (Å²) in [6, 6.07) is 4.25. The summed E-state index contributed by atoms with van der Waals surface area (Å²) in [4.78, 5) is 0. The third-order valence-corrected chi connectivity index (χ3v) is 2.68. The summed E-state index contributed by atoms with van der Waals surface area (Å²) in [7, 11) is 0. The van der Waals surface area contributed by atoms with Crippen LogP contribution in [-0.2, 0) is 11.8 Å². The lowest BCUT2D eigenvalue weighted by Gasteiger charge is -2.14. The molecule has 1 rings (SSSR count). The highest BCUT2D eigenvalue weighted by atomic mass is 16.3. The summed E-state index contributed by atoms with van der Waals surface area (Å²) >= 11 is 0. The Hall–Kier alpha value is -0.720. The average Bonchev–Trinajstić information content (AvgIpc) is 2.60. The summed E-state index contributed by atoms with van der Waals surface area (Å²) < 4.78 is 5.83. The normalized spacial score (nSPS) is 12.0.